The number of anilines is 2. The lowest BCUT2D eigenvalue weighted by molar-refractivity contribution is 0.0954. The second kappa shape index (κ2) is 6.65. The summed E-state index contributed by atoms with van der Waals surface area (Å²) >= 11 is 0. The molecule has 0 aliphatic heterocycles. The minimum absolute atomic E-state index is 0.289. The fourth-order valence-electron chi connectivity index (χ4n) is 1.68. The summed E-state index contributed by atoms with van der Waals surface area (Å²) in [6.45, 7) is 2.43. The van der Waals surface area contributed by atoms with Crippen LogP contribution in [0.5, 0.6) is 0 Å². The maximum absolute atomic E-state index is 13.4. The van der Waals surface area contributed by atoms with Crippen LogP contribution in [0.25, 0.3) is 0 Å². The molecule has 0 radical (unpaired) electrons. The number of benzene rings is 1. The number of amides is 1. The Morgan fingerprint density at radius 3 is 2.76 bits per heavy atom. The Bertz CT molecular complexity index is 647. The van der Waals surface area contributed by atoms with Crippen molar-refractivity contribution in [2.45, 2.75) is 6.92 Å². The predicted octanol–water partition coefficient (Wildman–Crippen LogP) is 1.35. The van der Waals surface area contributed by atoms with Crippen molar-refractivity contribution in [3.63, 3.8) is 0 Å². The Morgan fingerprint density at radius 1 is 1.29 bits per heavy atom. The van der Waals surface area contributed by atoms with E-state index in [1.807, 2.05) is 0 Å². The van der Waals surface area contributed by atoms with Gasteiger partial charge >= 0.3 is 0 Å². The van der Waals surface area contributed by atoms with Crippen LogP contribution in [0, 0.1) is 12.7 Å². The number of nitrogens with two attached hydrogens (primary N) is 1. The largest absolute Gasteiger partial charge is 0.381 e. The van der Waals surface area contributed by atoms with Crippen molar-refractivity contribution < 1.29 is 9.18 Å². The van der Waals surface area contributed by atoms with E-state index in [1.54, 1.807) is 19.1 Å². The van der Waals surface area contributed by atoms with Crippen molar-refractivity contribution in [3.8, 4) is 0 Å². The summed E-state index contributed by atoms with van der Waals surface area (Å²) in [4.78, 5) is 19.7. The zero-order valence-corrected chi connectivity index (χ0v) is 11.6. The Balaban J connectivity index is 1.82. The first-order chi connectivity index (χ1) is 10.1. The first-order valence-electron chi connectivity index (χ1n) is 6.42. The Kier molecular flexibility index (Phi) is 4.65. The second-order valence-corrected chi connectivity index (χ2v) is 4.44. The van der Waals surface area contributed by atoms with Gasteiger partial charge in [-0.05, 0) is 24.6 Å². The summed E-state index contributed by atoms with van der Waals surface area (Å²) in [7, 11) is 0. The van der Waals surface area contributed by atoms with Gasteiger partial charge in [0, 0.05) is 31.0 Å². The third kappa shape index (κ3) is 3.88. The van der Waals surface area contributed by atoms with E-state index in [1.165, 1.54) is 18.5 Å². The van der Waals surface area contributed by atoms with Crippen molar-refractivity contribution >= 4 is 17.5 Å². The molecule has 1 aromatic heterocycles. The number of nitrogens with one attached hydrogen (secondary N) is 2. The molecule has 2 aromatic rings. The quantitative estimate of drug-likeness (QED) is 0.722. The van der Waals surface area contributed by atoms with Gasteiger partial charge in [-0.1, -0.05) is 6.07 Å². The maximum Gasteiger partial charge on any atom is 0.251 e. The molecule has 1 aromatic carbocycles. The molecule has 110 valence electrons. The van der Waals surface area contributed by atoms with E-state index in [0.29, 0.717) is 30.3 Å². The molecule has 0 atom stereocenters. The number of nitrogen functional groups attached to an aromatic ring is 1. The van der Waals surface area contributed by atoms with Crippen LogP contribution in [0.4, 0.5) is 16.0 Å². The molecule has 0 fully saturated rings. The van der Waals surface area contributed by atoms with E-state index in [4.69, 9.17) is 5.73 Å². The molecule has 0 aliphatic rings. The van der Waals surface area contributed by atoms with E-state index < -0.39 is 5.82 Å². The monoisotopic (exact) mass is 289 g/mol. The van der Waals surface area contributed by atoms with Crippen LogP contribution in [0.3, 0.4) is 0 Å². The number of aryl methyl sites for hydroxylation is 1. The van der Waals surface area contributed by atoms with Gasteiger partial charge in [0.05, 0.1) is 0 Å². The van der Waals surface area contributed by atoms with Crippen molar-refractivity contribution in [2.24, 2.45) is 0 Å². The lowest BCUT2D eigenvalue weighted by atomic mass is 10.1. The summed E-state index contributed by atoms with van der Waals surface area (Å²) in [6, 6.07) is 4.38. The molecular formula is C14H16FN5O. The highest BCUT2D eigenvalue weighted by Crippen LogP contribution is 2.09. The summed E-state index contributed by atoms with van der Waals surface area (Å²) in [5.41, 5.74) is 6.41. The zero-order valence-electron chi connectivity index (χ0n) is 11.6. The van der Waals surface area contributed by atoms with Crippen LogP contribution >= 0.6 is 0 Å². The normalized spacial score (nSPS) is 10.2. The predicted molar refractivity (Wildman–Crippen MR) is 78.4 cm³/mol. The van der Waals surface area contributed by atoms with Gasteiger partial charge < -0.3 is 16.4 Å². The molecule has 0 saturated heterocycles. The van der Waals surface area contributed by atoms with Crippen molar-refractivity contribution in [2.75, 3.05) is 24.1 Å². The summed E-state index contributed by atoms with van der Waals surface area (Å²) < 4.78 is 13.4. The summed E-state index contributed by atoms with van der Waals surface area (Å²) in [5, 5.41) is 5.63. The van der Waals surface area contributed by atoms with Gasteiger partial charge in [-0.2, -0.15) is 0 Å². The van der Waals surface area contributed by atoms with Gasteiger partial charge in [-0.3, -0.25) is 4.79 Å². The standard InChI is InChI=1S/C14H16FN5O/c1-9-2-3-10(8-11(9)15)14(21)20-7-6-19-13-12(16)17-4-5-18-13/h2-5,8H,6-7H2,1H3,(H2,16,17)(H,18,19)(H,20,21). The van der Waals surface area contributed by atoms with Crippen LogP contribution in [0.1, 0.15) is 15.9 Å². The van der Waals surface area contributed by atoms with Gasteiger partial charge in [0.1, 0.15) is 5.82 Å². The SMILES string of the molecule is Cc1ccc(C(=O)NCCNc2nccnc2N)cc1F. The molecular weight excluding hydrogens is 273 g/mol. The number of nitrogens with zero attached hydrogens (tertiary/aromatic N) is 2. The van der Waals surface area contributed by atoms with Gasteiger partial charge in [0.15, 0.2) is 11.6 Å². The Morgan fingerprint density at radius 2 is 2.05 bits per heavy atom. The van der Waals surface area contributed by atoms with Gasteiger partial charge in [-0.25, -0.2) is 14.4 Å². The third-order valence-electron chi connectivity index (χ3n) is 2.86. The minimum atomic E-state index is -0.395. The van der Waals surface area contributed by atoms with Crippen LogP contribution < -0.4 is 16.4 Å². The summed E-state index contributed by atoms with van der Waals surface area (Å²) in [6.07, 6.45) is 3.01. The van der Waals surface area contributed by atoms with E-state index >= 15 is 0 Å². The smallest absolute Gasteiger partial charge is 0.251 e. The van der Waals surface area contributed by atoms with Gasteiger partial charge in [-0.15, -0.1) is 0 Å². The Labute approximate surface area is 121 Å². The van der Waals surface area contributed by atoms with Gasteiger partial charge in [0.2, 0.25) is 0 Å². The lowest BCUT2D eigenvalue weighted by Crippen LogP contribution is -2.29. The van der Waals surface area contributed by atoms with Gasteiger partial charge in [0.25, 0.3) is 5.91 Å². The highest BCUT2D eigenvalue weighted by atomic mass is 19.1. The maximum atomic E-state index is 13.4. The van der Waals surface area contributed by atoms with Crippen LogP contribution in [-0.4, -0.2) is 29.0 Å². The van der Waals surface area contributed by atoms with Crippen molar-refractivity contribution in [1.29, 1.82) is 0 Å². The van der Waals surface area contributed by atoms with Crippen LogP contribution in [-0.2, 0) is 0 Å². The highest BCUT2D eigenvalue weighted by Gasteiger charge is 2.07. The van der Waals surface area contributed by atoms with E-state index in [-0.39, 0.29) is 11.5 Å². The molecule has 1 heterocycles. The van der Waals surface area contributed by atoms with Crippen LogP contribution in [0.2, 0.25) is 0 Å². The van der Waals surface area contributed by atoms with Crippen molar-refractivity contribution in [3.05, 3.63) is 47.5 Å². The topological polar surface area (TPSA) is 92.9 Å². The first-order valence-corrected chi connectivity index (χ1v) is 6.42. The Hall–Kier alpha value is -2.70. The molecule has 4 N–H and O–H groups in total. The summed E-state index contributed by atoms with van der Waals surface area (Å²) in [5.74, 6) is 0.0356. The molecule has 0 saturated carbocycles. The van der Waals surface area contributed by atoms with E-state index in [2.05, 4.69) is 20.6 Å². The molecule has 7 heteroatoms. The fraction of sp³-hybridized carbons (Fsp3) is 0.214. The fourth-order valence-corrected chi connectivity index (χ4v) is 1.68. The number of hydrogen-bond donors (Lipinski definition) is 3. The van der Waals surface area contributed by atoms with E-state index in [9.17, 15) is 9.18 Å². The number of halogens is 1. The lowest BCUT2D eigenvalue weighted by Gasteiger charge is -2.08. The van der Waals surface area contributed by atoms with Crippen molar-refractivity contribution in [1.82, 2.24) is 15.3 Å². The minimum Gasteiger partial charge on any atom is -0.381 e. The third-order valence-corrected chi connectivity index (χ3v) is 2.86. The number of carbonyl (C=O) groups is 1. The zero-order chi connectivity index (χ0) is 15.2. The average molecular weight is 289 g/mol. The van der Waals surface area contributed by atoms with E-state index in [0.717, 1.165) is 0 Å². The number of rotatable bonds is 5. The highest BCUT2D eigenvalue weighted by molar-refractivity contribution is 5.94. The molecule has 0 unspecified atom stereocenters. The molecule has 0 spiro atoms. The first kappa shape index (κ1) is 14.7. The molecule has 6 nitrogen and oxygen atoms in total. The average Bonchev–Trinajstić information content (AvgIpc) is 2.48. The van der Waals surface area contributed by atoms with Crippen LogP contribution in [0.15, 0.2) is 30.6 Å². The molecule has 21 heavy (non-hydrogen) atoms. The molecule has 2 rings (SSSR count). The second-order valence-electron chi connectivity index (χ2n) is 4.44. The molecule has 0 aliphatic carbocycles. The number of aromatic nitrogens is 2. The molecule has 0 bridgehead atoms. The number of carbonyl (C=O) groups excluding carboxylic acids is 1. The molecule has 1 amide bonds. The number of hydrogen-bond acceptors (Lipinski definition) is 5.